The number of fused-ring (bicyclic) bond motifs is 1. The van der Waals surface area contributed by atoms with E-state index in [1.54, 1.807) is 0 Å². The van der Waals surface area contributed by atoms with Crippen molar-refractivity contribution in [3.05, 3.63) is 0 Å². The highest BCUT2D eigenvalue weighted by atomic mass is 16.6. The summed E-state index contributed by atoms with van der Waals surface area (Å²) in [6, 6.07) is 0. The Kier molecular flexibility index (Phi) is 1.32. The number of methoxy groups -OCH3 is 2. The molecule has 5 heteroatoms. The Hall–Kier alpha value is -1.10. The van der Waals surface area contributed by atoms with Crippen molar-refractivity contribution in [2.45, 2.75) is 30.5 Å². The van der Waals surface area contributed by atoms with E-state index in [9.17, 15) is 9.59 Å². The SMILES string of the molecule is COC(=O)[C@@]12[C@H]3[C@@H]4[C@@H]5CC[C@H]3[C@]36O[C@@]53[C@H](C[C@@H]61)[C@@]42C(=O)OC. The van der Waals surface area contributed by atoms with Crippen molar-refractivity contribution in [3.8, 4) is 0 Å². The Morgan fingerprint density at radius 1 is 0.909 bits per heavy atom. The second-order valence-electron chi connectivity index (χ2n) is 8.59. The van der Waals surface area contributed by atoms with Gasteiger partial charge in [-0.15, -0.1) is 0 Å². The minimum Gasteiger partial charge on any atom is -0.469 e. The lowest BCUT2D eigenvalue weighted by atomic mass is 9.36. The first-order valence-electron chi connectivity index (χ1n) is 8.48. The monoisotopic (exact) mass is 302 g/mol. The first kappa shape index (κ1) is 11.4. The number of hydrogen-bond acceptors (Lipinski definition) is 5. The van der Waals surface area contributed by atoms with Crippen LogP contribution in [0.2, 0.25) is 0 Å². The zero-order valence-electron chi connectivity index (χ0n) is 12.6. The standard InChI is InChI=1S/C17H18O5/c1-20-12(18)14-8-5-9-15(14,13(19)21-2)11-7-4-3-6(10(11)14)16(8)17(7,9)22-16/h6-11H,3-5H2,1-2H3/t6-,7+,8-,9-,10-,11+,14+,15+,16-,17-/m1/s1. The molecule has 7 aliphatic carbocycles. The van der Waals surface area contributed by atoms with Gasteiger partial charge in [0.05, 0.1) is 25.0 Å². The molecule has 1 aliphatic heterocycles. The molecule has 4 bridgehead atoms. The Balaban J connectivity index is 1.61. The molecule has 10 atom stereocenters. The molecule has 0 N–H and O–H groups in total. The number of rotatable bonds is 2. The van der Waals surface area contributed by atoms with Crippen LogP contribution >= 0.6 is 0 Å². The first-order chi connectivity index (χ1) is 10.6. The van der Waals surface area contributed by atoms with Gasteiger partial charge in [-0.3, -0.25) is 9.59 Å². The van der Waals surface area contributed by atoms with E-state index in [4.69, 9.17) is 14.2 Å². The summed E-state index contributed by atoms with van der Waals surface area (Å²) in [4.78, 5) is 25.9. The van der Waals surface area contributed by atoms with Gasteiger partial charge >= 0.3 is 11.9 Å². The quantitative estimate of drug-likeness (QED) is 0.556. The van der Waals surface area contributed by atoms with Crippen molar-refractivity contribution in [1.29, 1.82) is 0 Å². The fourth-order valence-electron chi connectivity index (χ4n) is 9.93. The summed E-state index contributed by atoms with van der Waals surface area (Å²) in [7, 11) is 2.93. The van der Waals surface area contributed by atoms with Crippen LogP contribution in [-0.4, -0.2) is 37.4 Å². The summed E-state index contributed by atoms with van der Waals surface area (Å²) >= 11 is 0. The molecule has 0 aromatic heterocycles. The Morgan fingerprint density at radius 2 is 1.36 bits per heavy atom. The molecule has 2 spiro atoms. The normalized spacial score (nSPS) is 71.5. The van der Waals surface area contributed by atoms with E-state index >= 15 is 0 Å². The lowest BCUT2D eigenvalue weighted by Crippen LogP contribution is -2.72. The van der Waals surface area contributed by atoms with Gasteiger partial charge in [-0.2, -0.15) is 0 Å². The predicted octanol–water partition coefficient (Wildman–Crippen LogP) is 0.762. The highest BCUT2D eigenvalue weighted by Gasteiger charge is 3.14. The highest BCUT2D eigenvalue weighted by molar-refractivity contribution is 5.97. The van der Waals surface area contributed by atoms with Crippen LogP contribution in [-0.2, 0) is 23.8 Å². The smallest absolute Gasteiger partial charge is 0.313 e. The zero-order valence-corrected chi connectivity index (χ0v) is 12.6. The van der Waals surface area contributed by atoms with Crippen molar-refractivity contribution < 1.29 is 23.8 Å². The third-order valence-electron chi connectivity index (χ3n) is 9.44. The van der Waals surface area contributed by atoms with Gasteiger partial charge in [0.15, 0.2) is 0 Å². The second-order valence-corrected chi connectivity index (χ2v) is 8.59. The van der Waals surface area contributed by atoms with Crippen molar-refractivity contribution in [2.24, 2.45) is 46.3 Å². The zero-order chi connectivity index (χ0) is 14.9. The minimum atomic E-state index is -0.635. The summed E-state index contributed by atoms with van der Waals surface area (Å²) < 4.78 is 17.1. The summed E-state index contributed by atoms with van der Waals surface area (Å²) in [5, 5.41) is 0. The number of carbonyl (C=O) groups excluding carboxylic acids is 2. The van der Waals surface area contributed by atoms with Gasteiger partial charge in [0.2, 0.25) is 0 Å². The molecule has 1 heterocycles. The van der Waals surface area contributed by atoms with Crippen LogP contribution in [0.3, 0.4) is 0 Å². The van der Waals surface area contributed by atoms with E-state index in [-0.39, 0.29) is 35.0 Å². The number of hydrogen-bond donors (Lipinski definition) is 0. The van der Waals surface area contributed by atoms with Crippen LogP contribution < -0.4 is 0 Å². The Bertz CT molecular complexity index is 660. The maximum atomic E-state index is 13.0. The van der Waals surface area contributed by atoms with E-state index in [1.165, 1.54) is 14.2 Å². The van der Waals surface area contributed by atoms with Crippen LogP contribution in [0.5, 0.6) is 0 Å². The molecular formula is C17H18O5. The molecule has 8 aliphatic rings. The van der Waals surface area contributed by atoms with Crippen molar-refractivity contribution >= 4 is 11.9 Å². The van der Waals surface area contributed by atoms with Gasteiger partial charge < -0.3 is 14.2 Å². The van der Waals surface area contributed by atoms with E-state index in [2.05, 4.69) is 0 Å². The van der Waals surface area contributed by atoms with Gasteiger partial charge in [0, 0.05) is 11.8 Å². The largest absolute Gasteiger partial charge is 0.469 e. The molecule has 0 aromatic carbocycles. The number of ether oxygens (including phenoxy) is 3. The average molecular weight is 302 g/mol. The predicted molar refractivity (Wildman–Crippen MR) is 70.2 cm³/mol. The minimum absolute atomic E-state index is 0.0794. The topological polar surface area (TPSA) is 65.1 Å². The summed E-state index contributed by atoms with van der Waals surface area (Å²) in [6.45, 7) is 0. The molecule has 22 heavy (non-hydrogen) atoms. The van der Waals surface area contributed by atoms with Gasteiger partial charge in [-0.05, 0) is 42.9 Å². The molecule has 0 aromatic rings. The fourth-order valence-corrected chi connectivity index (χ4v) is 9.93. The van der Waals surface area contributed by atoms with Crippen molar-refractivity contribution in [2.75, 3.05) is 14.2 Å². The maximum Gasteiger partial charge on any atom is 0.313 e. The van der Waals surface area contributed by atoms with E-state index in [1.807, 2.05) is 0 Å². The van der Waals surface area contributed by atoms with Crippen LogP contribution in [0.1, 0.15) is 19.3 Å². The van der Waals surface area contributed by atoms with Gasteiger partial charge in [-0.25, -0.2) is 0 Å². The Morgan fingerprint density at radius 3 is 1.77 bits per heavy atom. The summed E-state index contributed by atoms with van der Waals surface area (Å²) in [5.74, 6) is 1.58. The van der Waals surface area contributed by atoms with Crippen molar-refractivity contribution in [3.63, 3.8) is 0 Å². The number of esters is 2. The third kappa shape index (κ3) is 0.540. The maximum absolute atomic E-state index is 13.0. The second kappa shape index (κ2) is 2.54. The van der Waals surface area contributed by atoms with E-state index < -0.39 is 10.8 Å². The van der Waals surface area contributed by atoms with Crippen LogP contribution in [0.15, 0.2) is 0 Å². The highest BCUT2D eigenvalue weighted by Crippen LogP contribution is 3.05. The molecule has 0 radical (unpaired) electrons. The summed E-state index contributed by atoms with van der Waals surface area (Å²) in [5.41, 5.74) is -1.43. The van der Waals surface area contributed by atoms with Crippen LogP contribution in [0.4, 0.5) is 0 Å². The molecule has 5 nitrogen and oxygen atoms in total. The Labute approximate surface area is 127 Å². The van der Waals surface area contributed by atoms with Gasteiger partial charge in [-0.1, -0.05) is 0 Å². The van der Waals surface area contributed by atoms with E-state index in [0.717, 1.165) is 19.3 Å². The molecule has 1 saturated heterocycles. The lowest BCUT2D eigenvalue weighted by molar-refractivity contribution is -0.240. The lowest BCUT2D eigenvalue weighted by Gasteiger charge is -2.64. The molecule has 7 saturated carbocycles. The molecule has 0 unspecified atom stereocenters. The van der Waals surface area contributed by atoms with Gasteiger partial charge in [0.25, 0.3) is 0 Å². The van der Waals surface area contributed by atoms with E-state index in [0.29, 0.717) is 23.7 Å². The first-order valence-corrected chi connectivity index (χ1v) is 8.48. The number of epoxide rings is 1. The third-order valence-corrected chi connectivity index (χ3v) is 9.44. The molecule has 8 rings (SSSR count). The molecule has 116 valence electrons. The van der Waals surface area contributed by atoms with Crippen molar-refractivity contribution in [1.82, 2.24) is 0 Å². The molecular weight excluding hydrogens is 284 g/mol. The fraction of sp³-hybridized carbons (Fsp3) is 0.882. The molecule has 0 amide bonds. The summed E-state index contributed by atoms with van der Waals surface area (Å²) in [6.07, 6.45) is 3.28. The van der Waals surface area contributed by atoms with Crippen LogP contribution in [0, 0.1) is 46.3 Å². The number of carbonyl (C=O) groups is 2. The van der Waals surface area contributed by atoms with Crippen LogP contribution in [0.25, 0.3) is 0 Å². The average Bonchev–Trinajstić information content (AvgIpc) is 2.96. The van der Waals surface area contributed by atoms with Gasteiger partial charge in [0.1, 0.15) is 11.2 Å². The molecule has 8 fully saturated rings.